The zero-order valence-electron chi connectivity index (χ0n) is 18.5. The number of carbonyl (C=O) groups excluding carboxylic acids is 4. The smallest absolute Gasteiger partial charge is 0.491 e. The Morgan fingerprint density at radius 1 is 1.18 bits per heavy atom. The number of aromatic hydroxyl groups is 1. The highest BCUT2D eigenvalue weighted by atomic mass is 19.4. The van der Waals surface area contributed by atoms with Crippen LogP contribution in [0.1, 0.15) is 38.2 Å². The van der Waals surface area contributed by atoms with Crippen molar-refractivity contribution < 1.29 is 46.9 Å². The van der Waals surface area contributed by atoms with Crippen molar-refractivity contribution in [2.45, 2.75) is 51.3 Å². The Hall–Kier alpha value is -3.15. The molecule has 188 valence electrons. The summed E-state index contributed by atoms with van der Waals surface area (Å²) >= 11 is 0. The minimum absolute atomic E-state index is 0.0700. The topological polar surface area (TPSA) is 145 Å². The largest absolute Gasteiger partial charge is 0.504 e. The molecule has 1 aromatic carbocycles. The minimum atomic E-state index is -5.44. The molecule has 1 aliphatic rings. The summed E-state index contributed by atoms with van der Waals surface area (Å²) in [5.74, 6) is -6.27. The van der Waals surface area contributed by atoms with Crippen LogP contribution in [0, 0.1) is 11.8 Å². The molecule has 1 unspecified atom stereocenters. The first-order valence-corrected chi connectivity index (χ1v) is 10.7. The van der Waals surface area contributed by atoms with Crippen molar-refractivity contribution in [1.82, 2.24) is 5.32 Å². The van der Waals surface area contributed by atoms with Crippen molar-refractivity contribution in [3.63, 3.8) is 0 Å². The molecule has 0 radical (unpaired) electrons. The Labute approximate surface area is 193 Å². The van der Waals surface area contributed by atoms with E-state index in [0.29, 0.717) is 24.4 Å². The van der Waals surface area contributed by atoms with Gasteiger partial charge in [0.1, 0.15) is 0 Å². The third-order valence-electron chi connectivity index (χ3n) is 5.54. The lowest BCUT2D eigenvalue weighted by Gasteiger charge is -2.26. The number of ketones is 1. The summed E-state index contributed by atoms with van der Waals surface area (Å²) in [6, 6.07) is 3.97. The van der Waals surface area contributed by atoms with Gasteiger partial charge in [0.25, 0.3) is 6.10 Å². The van der Waals surface area contributed by atoms with E-state index in [0.717, 1.165) is 32.6 Å². The van der Waals surface area contributed by atoms with Crippen LogP contribution in [-0.2, 0) is 30.3 Å². The maximum absolute atomic E-state index is 12.4. The number of carbonyl (C=O) groups is 4. The van der Waals surface area contributed by atoms with Crippen molar-refractivity contribution in [2.75, 3.05) is 13.1 Å². The van der Waals surface area contributed by atoms with Gasteiger partial charge in [-0.2, -0.15) is 13.2 Å². The van der Waals surface area contributed by atoms with Gasteiger partial charge >= 0.3 is 18.1 Å². The molecule has 1 saturated carbocycles. The maximum Gasteiger partial charge on any atom is 0.491 e. The fraction of sp³-hybridized carbons (Fsp3) is 0.545. The summed E-state index contributed by atoms with van der Waals surface area (Å²) in [6.07, 6.45) is -3.98. The highest BCUT2D eigenvalue weighted by Gasteiger charge is 2.44. The number of hydrogen-bond acceptors (Lipinski definition) is 8. The van der Waals surface area contributed by atoms with Gasteiger partial charge in [-0.1, -0.05) is 6.07 Å². The number of halogens is 3. The molecule has 1 atom stereocenters. The Kier molecular flexibility index (Phi) is 9.42. The second-order valence-corrected chi connectivity index (χ2v) is 8.11. The van der Waals surface area contributed by atoms with E-state index < -0.39 is 35.8 Å². The van der Waals surface area contributed by atoms with Crippen LogP contribution in [0.4, 0.5) is 13.2 Å². The van der Waals surface area contributed by atoms with Crippen LogP contribution in [0.3, 0.4) is 0 Å². The Bertz CT molecular complexity index is 912. The van der Waals surface area contributed by atoms with E-state index in [4.69, 9.17) is 10.5 Å². The SMILES string of the molecule is CC(=O)C(Oc1cc(CCNC(=O)C2CCC(CN)CC2)ccc1O)C(=O)OC(=O)C(F)(F)F. The van der Waals surface area contributed by atoms with Crippen molar-refractivity contribution in [3.8, 4) is 11.5 Å². The van der Waals surface area contributed by atoms with Gasteiger partial charge in [-0.25, -0.2) is 9.59 Å². The van der Waals surface area contributed by atoms with Crippen molar-refractivity contribution in [2.24, 2.45) is 17.6 Å². The number of Topliss-reactive ketones (excluding diaryl/α,β-unsaturated/α-hetero) is 1. The summed E-state index contributed by atoms with van der Waals surface area (Å²) in [4.78, 5) is 46.8. The Balaban J connectivity index is 1.96. The Morgan fingerprint density at radius 3 is 2.38 bits per heavy atom. The number of alkyl halides is 3. The van der Waals surface area contributed by atoms with Crippen LogP contribution in [0.15, 0.2) is 18.2 Å². The molecule has 1 aromatic rings. The van der Waals surface area contributed by atoms with E-state index in [2.05, 4.69) is 10.1 Å². The first-order chi connectivity index (χ1) is 15.9. The van der Waals surface area contributed by atoms with E-state index in [1.807, 2.05) is 0 Å². The molecule has 1 aliphatic carbocycles. The molecule has 12 heteroatoms. The van der Waals surface area contributed by atoms with Gasteiger partial charge in [0.15, 0.2) is 17.3 Å². The summed E-state index contributed by atoms with van der Waals surface area (Å²) < 4.78 is 45.7. The minimum Gasteiger partial charge on any atom is -0.504 e. The normalized spacial score (nSPS) is 19.1. The molecule has 0 aromatic heterocycles. The average Bonchev–Trinajstić information content (AvgIpc) is 2.78. The van der Waals surface area contributed by atoms with Crippen molar-refractivity contribution in [3.05, 3.63) is 23.8 Å². The molecule has 1 amide bonds. The maximum atomic E-state index is 12.4. The monoisotopic (exact) mass is 488 g/mol. The molecule has 0 saturated heterocycles. The number of benzene rings is 1. The zero-order chi connectivity index (χ0) is 25.5. The van der Waals surface area contributed by atoms with Gasteiger partial charge in [0.05, 0.1) is 0 Å². The number of nitrogens with two attached hydrogens (primary N) is 1. The van der Waals surface area contributed by atoms with Crippen LogP contribution in [-0.4, -0.2) is 54.1 Å². The number of hydrogen-bond donors (Lipinski definition) is 3. The lowest BCUT2D eigenvalue weighted by atomic mass is 9.81. The fourth-order valence-electron chi connectivity index (χ4n) is 3.57. The Morgan fingerprint density at radius 2 is 1.82 bits per heavy atom. The van der Waals surface area contributed by atoms with E-state index in [9.17, 15) is 37.5 Å². The second kappa shape index (κ2) is 11.8. The van der Waals surface area contributed by atoms with Gasteiger partial charge in [-0.05, 0) is 69.2 Å². The van der Waals surface area contributed by atoms with Gasteiger partial charge < -0.3 is 25.6 Å². The predicted molar refractivity (Wildman–Crippen MR) is 112 cm³/mol. The quantitative estimate of drug-likeness (QED) is 0.352. The van der Waals surface area contributed by atoms with E-state index in [1.54, 1.807) is 0 Å². The summed E-state index contributed by atoms with van der Waals surface area (Å²) in [5.41, 5.74) is 6.20. The molecule has 0 bridgehead atoms. The van der Waals surface area contributed by atoms with E-state index in [1.165, 1.54) is 18.2 Å². The lowest BCUT2D eigenvalue weighted by Crippen LogP contribution is -2.39. The number of rotatable bonds is 9. The molecular formula is C22H27F3N2O7. The van der Waals surface area contributed by atoms with Crippen LogP contribution in [0.5, 0.6) is 11.5 Å². The molecule has 0 spiro atoms. The van der Waals surface area contributed by atoms with Crippen LogP contribution < -0.4 is 15.8 Å². The van der Waals surface area contributed by atoms with Gasteiger partial charge in [-0.15, -0.1) is 0 Å². The highest BCUT2D eigenvalue weighted by molar-refractivity contribution is 6.04. The fourth-order valence-corrected chi connectivity index (χ4v) is 3.57. The van der Waals surface area contributed by atoms with E-state index in [-0.39, 0.29) is 24.1 Å². The van der Waals surface area contributed by atoms with Crippen LogP contribution in [0.2, 0.25) is 0 Å². The standard InChI is InChI=1S/C22H27F3N2O7/c1-12(28)18(20(31)34-21(32)22(23,24)25)33-17-10-13(4-7-16(17)29)8-9-27-19(30)15-5-2-14(11-26)3-6-15/h4,7,10,14-15,18,29H,2-3,5-6,8-9,11,26H2,1H3,(H,27,30). The van der Waals surface area contributed by atoms with Gasteiger partial charge in [0, 0.05) is 12.5 Å². The molecule has 1 fully saturated rings. The first kappa shape index (κ1) is 27.1. The van der Waals surface area contributed by atoms with Crippen LogP contribution in [0.25, 0.3) is 0 Å². The molecule has 9 nitrogen and oxygen atoms in total. The third-order valence-corrected chi connectivity index (χ3v) is 5.54. The molecule has 2 rings (SSSR count). The molecular weight excluding hydrogens is 461 g/mol. The molecule has 34 heavy (non-hydrogen) atoms. The molecule has 0 heterocycles. The van der Waals surface area contributed by atoms with Crippen molar-refractivity contribution >= 4 is 23.6 Å². The van der Waals surface area contributed by atoms with Crippen molar-refractivity contribution in [1.29, 1.82) is 0 Å². The molecule has 4 N–H and O–H groups in total. The zero-order valence-corrected chi connectivity index (χ0v) is 18.5. The summed E-state index contributed by atoms with van der Waals surface area (Å²) in [5, 5.41) is 12.8. The predicted octanol–water partition coefficient (Wildman–Crippen LogP) is 1.78. The number of phenolic OH excluding ortho intramolecular Hbond substituents is 1. The third kappa shape index (κ3) is 7.72. The second-order valence-electron chi connectivity index (χ2n) is 8.11. The lowest BCUT2D eigenvalue weighted by molar-refractivity contribution is -0.203. The van der Waals surface area contributed by atoms with Gasteiger partial charge in [-0.3, -0.25) is 9.59 Å². The average molecular weight is 488 g/mol. The molecule has 0 aliphatic heterocycles. The van der Waals surface area contributed by atoms with Gasteiger partial charge in [0.2, 0.25) is 5.91 Å². The number of ether oxygens (including phenoxy) is 2. The number of nitrogens with one attached hydrogen (secondary N) is 1. The van der Waals surface area contributed by atoms with E-state index >= 15 is 0 Å². The first-order valence-electron chi connectivity index (χ1n) is 10.7. The number of amides is 1. The number of esters is 2. The summed E-state index contributed by atoms with van der Waals surface area (Å²) in [6.45, 7) is 1.72. The van der Waals surface area contributed by atoms with Crippen LogP contribution >= 0.6 is 0 Å². The number of phenols is 1. The highest BCUT2D eigenvalue weighted by Crippen LogP contribution is 2.30. The summed E-state index contributed by atoms with van der Waals surface area (Å²) in [7, 11) is 0.